The second-order valence-corrected chi connectivity index (χ2v) is 5.82. The standard InChI is InChI=1S/C11H13I2N5/c1-2-3-14-9-5-15-8(4-16-9)6-18-7-17-10(12)11(18)13/h4-5,7H,2-3,6H2,1H3,(H,14,16). The van der Waals surface area contributed by atoms with Crippen molar-refractivity contribution in [2.24, 2.45) is 0 Å². The second kappa shape index (κ2) is 6.64. The molecule has 18 heavy (non-hydrogen) atoms. The van der Waals surface area contributed by atoms with Gasteiger partial charge in [-0.1, -0.05) is 6.92 Å². The molecular weight excluding hydrogens is 456 g/mol. The van der Waals surface area contributed by atoms with Gasteiger partial charge in [0.1, 0.15) is 13.2 Å². The molecule has 2 aromatic heterocycles. The van der Waals surface area contributed by atoms with Gasteiger partial charge in [0.15, 0.2) is 0 Å². The Hall–Kier alpha value is -0.450. The lowest BCUT2D eigenvalue weighted by Gasteiger charge is -2.06. The minimum atomic E-state index is 0.704. The molecule has 2 heterocycles. The fourth-order valence-electron chi connectivity index (χ4n) is 1.41. The van der Waals surface area contributed by atoms with Gasteiger partial charge in [0.05, 0.1) is 31.0 Å². The van der Waals surface area contributed by atoms with Crippen molar-refractivity contribution in [2.45, 2.75) is 19.9 Å². The van der Waals surface area contributed by atoms with Crippen LogP contribution >= 0.6 is 45.2 Å². The van der Waals surface area contributed by atoms with E-state index < -0.39 is 0 Å². The first-order valence-electron chi connectivity index (χ1n) is 5.61. The Morgan fingerprint density at radius 3 is 2.61 bits per heavy atom. The van der Waals surface area contributed by atoms with Gasteiger partial charge < -0.3 is 9.88 Å². The number of anilines is 1. The van der Waals surface area contributed by atoms with Crippen molar-refractivity contribution in [3.05, 3.63) is 31.8 Å². The van der Waals surface area contributed by atoms with E-state index in [2.05, 4.69) is 76.9 Å². The van der Waals surface area contributed by atoms with E-state index in [1.54, 1.807) is 12.4 Å². The van der Waals surface area contributed by atoms with Crippen LogP contribution in [-0.4, -0.2) is 26.1 Å². The lowest BCUT2D eigenvalue weighted by molar-refractivity contribution is 0.750. The van der Waals surface area contributed by atoms with E-state index in [4.69, 9.17) is 0 Å². The number of imidazole rings is 1. The number of hydrogen-bond donors (Lipinski definition) is 1. The number of nitrogens with one attached hydrogen (secondary N) is 1. The molecule has 0 aliphatic heterocycles. The Balaban J connectivity index is 2.04. The first kappa shape index (κ1) is 14.0. The van der Waals surface area contributed by atoms with Gasteiger partial charge in [-0.25, -0.2) is 9.97 Å². The summed E-state index contributed by atoms with van der Waals surface area (Å²) in [6.45, 7) is 3.75. The maximum Gasteiger partial charge on any atom is 0.144 e. The molecule has 0 atom stereocenters. The molecule has 0 saturated heterocycles. The van der Waals surface area contributed by atoms with E-state index in [1.807, 2.05) is 6.33 Å². The molecule has 0 amide bonds. The maximum absolute atomic E-state index is 4.40. The molecule has 0 bridgehead atoms. The molecule has 7 heteroatoms. The topological polar surface area (TPSA) is 55.6 Å². The Kier molecular flexibility index (Phi) is 5.15. The van der Waals surface area contributed by atoms with E-state index >= 15 is 0 Å². The summed E-state index contributed by atoms with van der Waals surface area (Å²) in [4.78, 5) is 13.0. The molecule has 0 aromatic carbocycles. The summed E-state index contributed by atoms with van der Waals surface area (Å²) in [6.07, 6.45) is 6.49. The fourth-order valence-corrected chi connectivity index (χ4v) is 2.28. The van der Waals surface area contributed by atoms with Gasteiger partial charge in [-0.05, 0) is 51.6 Å². The highest BCUT2D eigenvalue weighted by Gasteiger charge is 2.06. The van der Waals surface area contributed by atoms with Crippen LogP contribution in [0.15, 0.2) is 18.7 Å². The SMILES string of the molecule is CCCNc1cnc(Cn2cnc(I)c2I)cn1. The van der Waals surface area contributed by atoms with Gasteiger partial charge in [0.2, 0.25) is 0 Å². The highest BCUT2D eigenvalue weighted by atomic mass is 127. The smallest absolute Gasteiger partial charge is 0.144 e. The maximum atomic E-state index is 4.40. The average Bonchev–Trinajstić information content (AvgIpc) is 2.70. The zero-order chi connectivity index (χ0) is 13.0. The van der Waals surface area contributed by atoms with Crippen LogP contribution in [0.2, 0.25) is 0 Å². The van der Waals surface area contributed by atoms with Crippen molar-refractivity contribution in [1.82, 2.24) is 19.5 Å². The van der Waals surface area contributed by atoms with Crippen LogP contribution in [-0.2, 0) is 6.54 Å². The molecule has 0 unspecified atom stereocenters. The Morgan fingerprint density at radius 2 is 2.06 bits per heavy atom. The Labute approximate surface area is 133 Å². The molecule has 0 saturated carbocycles. The Morgan fingerprint density at radius 1 is 1.22 bits per heavy atom. The molecule has 5 nitrogen and oxygen atoms in total. The van der Waals surface area contributed by atoms with Crippen LogP contribution in [0.3, 0.4) is 0 Å². The third-order valence-corrected chi connectivity index (χ3v) is 5.28. The van der Waals surface area contributed by atoms with Crippen molar-refractivity contribution < 1.29 is 0 Å². The fraction of sp³-hybridized carbons (Fsp3) is 0.364. The molecule has 2 rings (SSSR count). The number of halogens is 2. The largest absolute Gasteiger partial charge is 0.369 e. The predicted octanol–water partition coefficient (Wildman–Crippen LogP) is 2.75. The van der Waals surface area contributed by atoms with E-state index in [0.717, 1.165) is 31.9 Å². The lowest BCUT2D eigenvalue weighted by Crippen LogP contribution is -2.06. The third-order valence-electron chi connectivity index (χ3n) is 2.33. The molecule has 0 aliphatic rings. The van der Waals surface area contributed by atoms with Crippen LogP contribution < -0.4 is 5.32 Å². The quantitative estimate of drug-likeness (QED) is 0.685. The highest BCUT2D eigenvalue weighted by molar-refractivity contribution is 14.1. The average molecular weight is 469 g/mol. The zero-order valence-corrected chi connectivity index (χ0v) is 14.2. The first-order valence-corrected chi connectivity index (χ1v) is 7.77. The van der Waals surface area contributed by atoms with Gasteiger partial charge >= 0.3 is 0 Å². The number of rotatable bonds is 5. The second-order valence-electron chi connectivity index (χ2n) is 3.77. The minimum absolute atomic E-state index is 0.704. The van der Waals surface area contributed by atoms with Gasteiger partial charge in [-0.2, -0.15) is 0 Å². The highest BCUT2D eigenvalue weighted by Crippen LogP contribution is 2.14. The molecule has 96 valence electrons. The van der Waals surface area contributed by atoms with Gasteiger partial charge in [-0.3, -0.25) is 4.98 Å². The molecular formula is C11H13I2N5. The van der Waals surface area contributed by atoms with Crippen LogP contribution in [0.1, 0.15) is 19.0 Å². The summed E-state index contributed by atoms with van der Waals surface area (Å²) >= 11 is 4.51. The van der Waals surface area contributed by atoms with Crippen molar-refractivity contribution in [3.8, 4) is 0 Å². The normalized spacial score (nSPS) is 10.6. The summed E-state index contributed by atoms with van der Waals surface area (Å²) in [5.74, 6) is 0.829. The first-order chi connectivity index (χ1) is 8.70. The Bertz CT molecular complexity index is 509. The van der Waals surface area contributed by atoms with Crippen LogP contribution in [0.25, 0.3) is 0 Å². The molecule has 0 aliphatic carbocycles. The number of aromatic nitrogens is 4. The molecule has 1 N–H and O–H groups in total. The summed E-state index contributed by atoms with van der Waals surface area (Å²) in [5.41, 5.74) is 0.934. The van der Waals surface area contributed by atoms with E-state index in [1.165, 1.54) is 0 Å². The number of hydrogen-bond acceptors (Lipinski definition) is 4. The van der Waals surface area contributed by atoms with Crippen molar-refractivity contribution in [2.75, 3.05) is 11.9 Å². The molecule has 0 spiro atoms. The van der Waals surface area contributed by atoms with Gasteiger partial charge in [-0.15, -0.1) is 0 Å². The molecule has 2 aromatic rings. The minimum Gasteiger partial charge on any atom is -0.369 e. The summed E-state index contributed by atoms with van der Waals surface area (Å²) in [7, 11) is 0. The van der Waals surface area contributed by atoms with E-state index in [9.17, 15) is 0 Å². The van der Waals surface area contributed by atoms with E-state index in [0.29, 0.717) is 6.54 Å². The summed E-state index contributed by atoms with van der Waals surface area (Å²) in [6, 6.07) is 0. The number of nitrogens with zero attached hydrogens (tertiary/aromatic N) is 4. The predicted molar refractivity (Wildman–Crippen MR) is 87.6 cm³/mol. The summed E-state index contributed by atoms with van der Waals surface area (Å²) in [5, 5.41) is 3.21. The van der Waals surface area contributed by atoms with Crippen molar-refractivity contribution in [1.29, 1.82) is 0 Å². The lowest BCUT2D eigenvalue weighted by atomic mass is 10.4. The zero-order valence-electron chi connectivity index (χ0n) is 9.90. The van der Waals surface area contributed by atoms with E-state index in [-0.39, 0.29) is 0 Å². The van der Waals surface area contributed by atoms with Crippen molar-refractivity contribution in [3.63, 3.8) is 0 Å². The third kappa shape index (κ3) is 3.53. The van der Waals surface area contributed by atoms with Crippen LogP contribution in [0.5, 0.6) is 0 Å². The summed E-state index contributed by atoms with van der Waals surface area (Å²) < 4.78 is 4.21. The van der Waals surface area contributed by atoms with Gasteiger partial charge in [0.25, 0.3) is 0 Å². The van der Waals surface area contributed by atoms with Crippen LogP contribution in [0, 0.1) is 7.40 Å². The van der Waals surface area contributed by atoms with Crippen molar-refractivity contribution >= 4 is 51.0 Å². The molecule has 0 radical (unpaired) electrons. The molecule has 0 fully saturated rings. The van der Waals surface area contributed by atoms with Crippen LogP contribution in [0.4, 0.5) is 5.82 Å². The monoisotopic (exact) mass is 469 g/mol. The van der Waals surface area contributed by atoms with Gasteiger partial charge in [0, 0.05) is 6.54 Å².